The van der Waals surface area contributed by atoms with Crippen molar-refractivity contribution in [2.75, 3.05) is 65.4 Å². The standard InChI is InChI=1S/C26H33N5O2.C2H6.H2/c1-27-10-13-33-25-7-4-19(16-28-25)22-15-24(21-6-5-20(32-3)14-23(21)29-22)31-12-9-26(18-31)8-11-30(2)17-26;1-2;/h4-7,14-16,27H,8-13,17-18H2,1-3H3;1-2H3;1H. The van der Waals surface area contributed by atoms with Crippen molar-refractivity contribution in [2.24, 2.45) is 5.41 Å². The molecule has 0 amide bonds. The summed E-state index contributed by atoms with van der Waals surface area (Å²) in [6.45, 7) is 9.93. The van der Waals surface area contributed by atoms with E-state index in [1.54, 1.807) is 7.11 Å². The first-order chi connectivity index (χ1) is 17.1. The van der Waals surface area contributed by atoms with E-state index in [1.165, 1.54) is 37.0 Å². The topological polar surface area (TPSA) is 62.8 Å². The first-order valence-electron chi connectivity index (χ1n) is 12.8. The minimum Gasteiger partial charge on any atom is -0.497 e. The van der Waals surface area contributed by atoms with Gasteiger partial charge in [-0.3, -0.25) is 0 Å². The summed E-state index contributed by atoms with van der Waals surface area (Å²) >= 11 is 0. The van der Waals surface area contributed by atoms with E-state index in [1.807, 2.05) is 51.4 Å². The average molecular weight is 480 g/mol. The number of pyridine rings is 2. The first kappa shape index (κ1) is 25.2. The number of anilines is 1. The molecule has 0 aliphatic carbocycles. The number of benzene rings is 1. The van der Waals surface area contributed by atoms with E-state index in [0.717, 1.165) is 42.2 Å². The number of hydrogen-bond acceptors (Lipinski definition) is 7. The van der Waals surface area contributed by atoms with Crippen LogP contribution in [0.4, 0.5) is 5.69 Å². The van der Waals surface area contributed by atoms with Gasteiger partial charge in [0.2, 0.25) is 5.88 Å². The van der Waals surface area contributed by atoms with Gasteiger partial charge < -0.3 is 24.6 Å². The van der Waals surface area contributed by atoms with Gasteiger partial charge >= 0.3 is 0 Å². The molecule has 35 heavy (non-hydrogen) atoms. The Morgan fingerprint density at radius 2 is 1.91 bits per heavy atom. The molecule has 2 aromatic heterocycles. The molecule has 0 saturated carbocycles. The maximum Gasteiger partial charge on any atom is 0.213 e. The molecular formula is C28H41N5O2. The number of rotatable bonds is 7. The molecule has 4 heterocycles. The van der Waals surface area contributed by atoms with Crippen molar-refractivity contribution in [1.82, 2.24) is 20.2 Å². The molecule has 0 bridgehead atoms. The van der Waals surface area contributed by atoms with Crippen molar-refractivity contribution in [1.29, 1.82) is 0 Å². The van der Waals surface area contributed by atoms with Crippen LogP contribution in [0.15, 0.2) is 42.6 Å². The first-order valence-corrected chi connectivity index (χ1v) is 12.8. The van der Waals surface area contributed by atoms with E-state index in [9.17, 15) is 0 Å². The Balaban J connectivity index is 0.00000117. The van der Waals surface area contributed by atoms with Crippen molar-refractivity contribution >= 4 is 16.6 Å². The Morgan fingerprint density at radius 1 is 1.09 bits per heavy atom. The zero-order valence-corrected chi connectivity index (χ0v) is 21.8. The normalized spacial score (nSPS) is 19.7. The van der Waals surface area contributed by atoms with Crippen molar-refractivity contribution in [3.63, 3.8) is 0 Å². The Bertz CT molecular complexity index is 1130. The van der Waals surface area contributed by atoms with Crippen molar-refractivity contribution < 1.29 is 10.9 Å². The maximum atomic E-state index is 5.68. The highest BCUT2D eigenvalue weighted by Crippen LogP contribution is 2.43. The summed E-state index contributed by atoms with van der Waals surface area (Å²) in [7, 11) is 5.84. The summed E-state index contributed by atoms with van der Waals surface area (Å²) in [6.07, 6.45) is 4.37. The predicted molar refractivity (Wildman–Crippen MR) is 146 cm³/mol. The summed E-state index contributed by atoms with van der Waals surface area (Å²) in [5.41, 5.74) is 4.50. The quantitative estimate of drug-likeness (QED) is 0.493. The van der Waals surface area contributed by atoms with Gasteiger partial charge in [-0.1, -0.05) is 13.8 Å². The van der Waals surface area contributed by atoms with Gasteiger partial charge in [0.25, 0.3) is 0 Å². The van der Waals surface area contributed by atoms with Crippen LogP contribution in [0.3, 0.4) is 0 Å². The largest absolute Gasteiger partial charge is 0.497 e. The molecule has 1 N–H and O–H groups in total. The van der Waals surface area contributed by atoms with E-state index < -0.39 is 0 Å². The van der Waals surface area contributed by atoms with Crippen LogP contribution in [0, 0.1) is 5.41 Å². The van der Waals surface area contributed by atoms with Crippen LogP contribution in [0.5, 0.6) is 11.6 Å². The van der Waals surface area contributed by atoms with Gasteiger partial charge in [-0.25, -0.2) is 9.97 Å². The maximum absolute atomic E-state index is 5.68. The van der Waals surface area contributed by atoms with E-state index in [-0.39, 0.29) is 1.43 Å². The zero-order chi connectivity index (χ0) is 24.8. The number of aromatic nitrogens is 2. The fraction of sp³-hybridized carbons (Fsp3) is 0.500. The lowest BCUT2D eigenvalue weighted by Crippen LogP contribution is -2.29. The Hall–Kier alpha value is -2.90. The molecule has 7 nitrogen and oxygen atoms in total. The second-order valence-electron chi connectivity index (χ2n) is 9.41. The predicted octanol–water partition coefficient (Wildman–Crippen LogP) is 4.71. The summed E-state index contributed by atoms with van der Waals surface area (Å²) in [5, 5.41) is 4.24. The molecule has 1 unspecified atom stereocenters. The molecule has 2 fully saturated rings. The van der Waals surface area contributed by atoms with Crippen LogP contribution < -0.4 is 19.7 Å². The molecule has 190 valence electrons. The molecule has 2 saturated heterocycles. The highest BCUT2D eigenvalue weighted by molar-refractivity contribution is 5.95. The molecule has 1 atom stereocenters. The SMILES string of the molecule is CC.CNCCOc1ccc(-c2cc(N3CCC4(CCN(C)C4)C3)c3ccc(OC)cc3n2)cn1.[HH]. The third-order valence-corrected chi connectivity index (χ3v) is 7.04. The molecular weight excluding hydrogens is 438 g/mol. The molecule has 1 aromatic carbocycles. The second kappa shape index (κ2) is 11.2. The summed E-state index contributed by atoms with van der Waals surface area (Å²) < 4.78 is 11.2. The van der Waals surface area contributed by atoms with Gasteiger partial charge in [0.05, 0.1) is 18.3 Å². The number of likely N-dealkylation sites (N-methyl/N-ethyl adjacent to an activating group) is 1. The van der Waals surface area contributed by atoms with E-state index >= 15 is 0 Å². The zero-order valence-electron chi connectivity index (χ0n) is 21.8. The van der Waals surface area contributed by atoms with Crippen molar-refractivity contribution in [2.45, 2.75) is 26.7 Å². The van der Waals surface area contributed by atoms with Gasteiger partial charge in [-0.15, -0.1) is 0 Å². The fourth-order valence-electron chi connectivity index (χ4n) is 5.23. The molecule has 2 aliphatic rings. The number of hydrogen-bond donors (Lipinski definition) is 1. The molecule has 3 aromatic rings. The number of methoxy groups -OCH3 is 1. The number of fused-ring (bicyclic) bond motifs is 1. The molecule has 5 rings (SSSR count). The van der Waals surface area contributed by atoms with Crippen LogP contribution in [-0.2, 0) is 0 Å². The third kappa shape index (κ3) is 5.52. The second-order valence-corrected chi connectivity index (χ2v) is 9.41. The van der Waals surface area contributed by atoms with Crippen LogP contribution >= 0.6 is 0 Å². The monoisotopic (exact) mass is 479 g/mol. The van der Waals surface area contributed by atoms with Gasteiger partial charge in [0, 0.05) is 68.0 Å². The molecule has 2 aliphatic heterocycles. The number of nitrogens with zero attached hydrogens (tertiary/aromatic N) is 4. The van der Waals surface area contributed by atoms with Crippen molar-refractivity contribution in [3.8, 4) is 22.9 Å². The van der Waals surface area contributed by atoms with Gasteiger partial charge in [-0.2, -0.15) is 0 Å². The summed E-state index contributed by atoms with van der Waals surface area (Å²) in [4.78, 5) is 14.5. The minimum absolute atomic E-state index is 0. The van der Waals surface area contributed by atoms with Crippen LogP contribution in [0.1, 0.15) is 28.1 Å². The molecule has 7 heteroatoms. The Kier molecular flexibility index (Phi) is 8.08. The fourth-order valence-corrected chi connectivity index (χ4v) is 5.23. The Labute approximate surface area is 210 Å². The summed E-state index contributed by atoms with van der Waals surface area (Å²) in [5.74, 6) is 1.45. The van der Waals surface area contributed by atoms with Gasteiger partial charge in [0.1, 0.15) is 12.4 Å². The Morgan fingerprint density at radius 3 is 2.60 bits per heavy atom. The van der Waals surface area contributed by atoms with E-state index in [2.05, 4.69) is 39.3 Å². The van der Waals surface area contributed by atoms with E-state index in [0.29, 0.717) is 17.9 Å². The molecule has 1 spiro atoms. The van der Waals surface area contributed by atoms with Gasteiger partial charge in [-0.05, 0) is 57.7 Å². The third-order valence-electron chi connectivity index (χ3n) is 7.04. The number of likely N-dealkylation sites (tertiary alicyclic amines) is 1. The lowest BCUT2D eigenvalue weighted by molar-refractivity contribution is 0.306. The van der Waals surface area contributed by atoms with Crippen LogP contribution in [0.2, 0.25) is 0 Å². The minimum atomic E-state index is 0. The lowest BCUT2D eigenvalue weighted by Gasteiger charge is -2.26. The molecule has 0 radical (unpaired) electrons. The average Bonchev–Trinajstić information content (AvgIpc) is 3.49. The summed E-state index contributed by atoms with van der Waals surface area (Å²) in [6, 6.07) is 12.4. The lowest BCUT2D eigenvalue weighted by atomic mass is 9.86. The smallest absolute Gasteiger partial charge is 0.213 e. The number of ether oxygens (including phenoxy) is 2. The van der Waals surface area contributed by atoms with Gasteiger partial charge in [0.15, 0.2) is 0 Å². The highest BCUT2D eigenvalue weighted by Gasteiger charge is 2.42. The van der Waals surface area contributed by atoms with Crippen molar-refractivity contribution in [3.05, 3.63) is 42.6 Å². The number of nitrogens with one attached hydrogen (secondary N) is 1. The van der Waals surface area contributed by atoms with Crippen LogP contribution in [-0.4, -0.2) is 75.4 Å². The van der Waals surface area contributed by atoms with Crippen LogP contribution in [0.25, 0.3) is 22.2 Å². The van der Waals surface area contributed by atoms with E-state index in [4.69, 9.17) is 14.5 Å². The highest BCUT2D eigenvalue weighted by atomic mass is 16.5.